The number of hydrogen-bond acceptors (Lipinski definition) is 5. The van der Waals surface area contributed by atoms with Crippen LogP contribution in [0.3, 0.4) is 0 Å². The summed E-state index contributed by atoms with van der Waals surface area (Å²) in [6.45, 7) is 3.37. The Hall–Kier alpha value is -1.14. The van der Waals surface area contributed by atoms with Crippen LogP contribution in [0.1, 0.15) is 16.9 Å². The highest BCUT2D eigenvalue weighted by atomic mass is 32.1. The summed E-state index contributed by atoms with van der Waals surface area (Å²) in [5.74, 6) is -0.00773. The third kappa shape index (κ3) is 2.45. The number of nitrogens with zero attached hydrogens (tertiary/aromatic N) is 2. The highest BCUT2D eigenvalue weighted by Gasteiger charge is 2.18. The van der Waals surface area contributed by atoms with Crippen molar-refractivity contribution in [2.75, 3.05) is 31.9 Å². The number of nitrogen functional groups attached to an aromatic ring is 1. The van der Waals surface area contributed by atoms with Gasteiger partial charge in [-0.3, -0.25) is 4.79 Å². The lowest BCUT2D eigenvalue weighted by Crippen LogP contribution is -2.34. The molecule has 0 bridgehead atoms. The van der Waals surface area contributed by atoms with Gasteiger partial charge in [-0.25, -0.2) is 4.98 Å². The van der Waals surface area contributed by atoms with Gasteiger partial charge >= 0.3 is 0 Å². The van der Waals surface area contributed by atoms with Crippen molar-refractivity contribution in [3.05, 3.63) is 11.1 Å². The number of carbonyl (C=O) groups excluding carboxylic acids is 1. The molecule has 3 N–H and O–H groups in total. The van der Waals surface area contributed by atoms with Crippen molar-refractivity contribution < 1.29 is 4.79 Å². The van der Waals surface area contributed by atoms with Gasteiger partial charge in [-0.05, 0) is 13.0 Å². The average molecular weight is 226 g/mol. The fraction of sp³-hybridized carbons (Fsp3) is 0.556. The highest BCUT2D eigenvalue weighted by molar-refractivity contribution is 7.13. The Morgan fingerprint density at radius 1 is 1.53 bits per heavy atom. The molecule has 0 aliphatic carbocycles. The summed E-state index contributed by atoms with van der Waals surface area (Å²) in [6, 6.07) is 0. The summed E-state index contributed by atoms with van der Waals surface area (Å²) < 4.78 is 0. The normalized spacial score (nSPS) is 17.5. The van der Waals surface area contributed by atoms with Gasteiger partial charge in [-0.15, -0.1) is 11.3 Å². The van der Waals surface area contributed by atoms with E-state index in [2.05, 4.69) is 10.3 Å². The third-order valence-corrected chi connectivity index (χ3v) is 3.04. The second kappa shape index (κ2) is 4.59. The number of nitrogens with two attached hydrogens (primary N) is 1. The van der Waals surface area contributed by atoms with Gasteiger partial charge < -0.3 is 16.0 Å². The summed E-state index contributed by atoms with van der Waals surface area (Å²) in [4.78, 5) is 17.8. The van der Waals surface area contributed by atoms with Gasteiger partial charge in [0, 0.05) is 25.0 Å². The van der Waals surface area contributed by atoms with E-state index in [9.17, 15) is 4.79 Å². The molecule has 1 aliphatic heterocycles. The van der Waals surface area contributed by atoms with E-state index in [1.54, 1.807) is 5.38 Å². The summed E-state index contributed by atoms with van der Waals surface area (Å²) >= 11 is 1.31. The molecule has 2 rings (SSSR count). The molecule has 1 aliphatic rings. The lowest BCUT2D eigenvalue weighted by Gasteiger charge is -2.18. The second-order valence-electron chi connectivity index (χ2n) is 3.47. The van der Waals surface area contributed by atoms with Crippen molar-refractivity contribution in [1.29, 1.82) is 0 Å². The minimum atomic E-state index is -0.00773. The van der Waals surface area contributed by atoms with Crippen LogP contribution in [0.5, 0.6) is 0 Å². The van der Waals surface area contributed by atoms with Crippen molar-refractivity contribution in [3.8, 4) is 0 Å². The molecule has 1 fully saturated rings. The Morgan fingerprint density at radius 2 is 2.40 bits per heavy atom. The molecular weight excluding hydrogens is 212 g/mol. The number of amides is 1. The molecule has 1 aromatic rings. The summed E-state index contributed by atoms with van der Waals surface area (Å²) in [6.07, 6.45) is 0.991. The monoisotopic (exact) mass is 226 g/mol. The van der Waals surface area contributed by atoms with Gasteiger partial charge in [0.15, 0.2) is 5.13 Å². The molecule has 0 aromatic carbocycles. The quantitative estimate of drug-likeness (QED) is 0.715. The molecule has 2 heterocycles. The molecular formula is C9H14N4OS. The molecule has 15 heavy (non-hydrogen) atoms. The topological polar surface area (TPSA) is 71.2 Å². The summed E-state index contributed by atoms with van der Waals surface area (Å²) in [5.41, 5.74) is 5.97. The van der Waals surface area contributed by atoms with Crippen LogP contribution in [0.4, 0.5) is 5.13 Å². The maximum atomic E-state index is 12.0. The number of aromatic nitrogens is 1. The minimum absolute atomic E-state index is 0.00773. The molecule has 1 saturated heterocycles. The predicted octanol–water partition coefficient (Wildman–Crippen LogP) is 0.161. The van der Waals surface area contributed by atoms with Gasteiger partial charge in [0.1, 0.15) is 5.69 Å². The van der Waals surface area contributed by atoms with Crippen molar-refractivity contribution in [2.24, 2.45) is 0 Å². The molecule has 0 spiro atoms. The van der Waals surface area contributed by atoms with Gasteiger partial charge in [0.25, 0.3) is 5.91 Å². The Bertz CT molecular complexity index is 344. The maximum Gasteiger partial charge on any atom is 0.273 e. The van der Waals surface area contributed by atoms with E-state index in [1.807, 2.05) is 4.90 Å². The number of rotatable bonds is 1. The largest absolute Gasteiger partial charge is 0.375 e. The van der Waals surface area contributed by atoms with Crippen LogP contribution in [-0.2, 0) is 0 Å². The zero-order valence-electron chi connectivity index (χ0n) is 8.40. The molecule has 0 unspecified atom stereocenters. The Labute approximate surface area is 92.3 Å². The van der Waals surface area contributed by atoms with Crippen molar-refractivity contribution in [2.45, 2.75) is 6.42 Å². The van der Waals surface area contributed by atoms with Crippen LogP contribution in [0.2, 0.25) is 0 Å². The van der Waals surface area contributed by atoms with E-state index in [1.165, 1.54) is 11.3 Å². The lowest BCUT2D eigenvalue weighted by atomic mass is 10.3. The van der Waals surface area contributed by atoms with Crippen molar-refractivity contribution in [1.82, 2.24) is 15.2 Å². The van der Waals surface area contributed by atoms with E-state index in [0.29, 0.717) is 10.8 Å². The average Bonchev–Trinajstić information content (AvgIpc) is 2.53. The Kier molecular flexibility index (Phi) is 3.17. The molecule has 1 aromatic heterocycles. The van der Waals surface area contributed by atoms with E-state index in [4.69, 9.17) is 5.73 Å². The fourth-order valence-corrected chi connectivity index (χ4v) is 2.13. The van der Waals surface area contributed by atoms with Crippen LogP contribution in [0.25, 0.3) is 0 Å². The first-order valence-corrected chi connectivity index (χ1v) is 5.86. The van der Waals surface area contributed by atoms with E-state index in [-0.39, 0.29) is 5.91 Å². The van der Waals surface area contributed by atoms with Crippen molar-refractivity contribution in [3.63, 3.8) is 0 Å². The number of anilines is 1. The highest BCUT2D eigenvalue weighted by Crippen LogP contribution is 2.13. The van der Waals surface area contributed by atoms with Gasteiger partial charge in [-0.2, -0.15) is 0 Å². The summed E-state index contributed by atoms with van der Waals surface area (Å²) in [5, 5.41) is 5.42. The SMILES string of the molecule is Nc1nc(C(=O)N2CCCNCC2)cs1. The molecule has 0 radical (unpaired) electrons. The van der Waals surface area contributed by atoms with Crippen LogP contribution < -0.4 is 11.1 Å². The van der Waals surface area contributed by atoms with Gasteiger partial charge in [0.05, 0.1) is 0 Å². The Balaban J connectivity index is 2.06. The Morgan fingerprint density at radius 3 is 3.13 bits per heavy atom. The first-order chi connectivity index (χ1) is 7.27. The zero-order chi connectivity index (χ0) is 10.7. The number of carbonyl (C=O) groups is 1. The molecule has 1 amide bonds. The minimum Gasteiger partial charge on any atom is -0.375 e. The van der Waals surface area contributed by atoms with E-state index < -0.39 is 0 Å². The van der Waals surface area contributed by atoms with Crippen LogP contribution >= 0.6 is 11.3 Å². The summed E-state index contributed by atoms with van der Waals surface area (Å²) in [7, 11) is 0. The number of nitrogens with one attached hydrogen (secondary N) is 1. The first kappa shape index (κ1) is 10.4. The second-order valence-corrected chi connectivity index (χ2v) is 4.36. The van der Waals surface area contributed by atoms with Gasteiger partial charge in [0.2, 0.25) is 0 Å². The van der Waals surface area contributed by atoms with Crippen LogP contribution in [0.15, 0.2) is 5.38 Å². The third-order valence-electron chi connectivity index (χ3n) is 2.37. The number of thiazole rings is 1. The van der Waals surface area contributed by atoms with E-state index in [0.717, 1.165) is 32.6 Å². The van der Waals surface area contributed by atoms with Gasteiger partial charge in [-0.1, -0.05) is 0 Å². The molecule has 0 atom stereocenters. The smallest absolute Gasteiger partial charge is 0.273 e. The molecule has 5 nitrogen and oxygen atoms in total. The number of hydrogen-bond donors (Lipinski definition) is 2. The standard InChI is InChI=1S/C9H14N4OS/c10-9-12-7(6-15-9)8(14)13-4-1-2-11-3-5-13/h6,11H,1-5H2,(H2,10,12). The molecule has 82 valence electrons. The fourth-order valence-electron chi connectivity index (χ4n) is 1.60. The van der Waals surface area contributed by atoms with Crippen LogP contribution in [-0.4, -0.2) is 42.0 Å². The first-order valence-electron chi connectivity index (χ1n) is 4.98. The molecule has 6 heteroatoms. The lowest BCUT2D eigenvalue weighted by molar-refractivity contribution is 0.0761. The van der Waals surface area contributed by atoms with E-state index >= 15 is 0 Å². The van der Waals surface area contributed by atoms with Crippen LogP contribution in [0, 0.1) is 0 Å². The molecule has 0 saturated carbocycles. The zero-order valence-corrected chi connectivity index (χ0v) is 9.22. The maximum absolute atomic E-state index is 12.0. The van der Waals surface area contributed by atoms with Crippen molar-refractivity contribution >= 4 is 22.4 Å². The predicted molar refractivity (Wildman–Crippen MR) is 59.9 cm³/mol.